The summed E-state index contributed by atoms with van der Waals surface area (Å²) >= 11 is 0. The molecule has 3 heterocycles. The van der Waals surface area contributed by atoms with Gasteiger partial charge in [0.1, 0.15) is 12.4 Å². The summed E-state index contributed by atoms with van der Waals surface area (Å²) in [6.07, 6.45) is 5.32. The van der Waals surface area contributed by atoms with Gasteiger partial charge in [0.05, 0.1) is 6.54 Å². The summed E-state index contributed by atoms with van der Waals surface area (Å²) < 4.78 is 1.87. The van der Waals surface area contributed by atoms with E-state index >= 15 is 0 Å². The largest absolute Gasteiger partial charge is 0.353 e. The summed E-state index contributed by atoms with van der Waals surface area (Å²) in [5.41, 5.74) is 1.70. The van der Waals surface area contributed by atoms with Gasteiger partial charge in [0, 0.05) is 44.1 Å². The number of hydrogen-bond acceptors (Lipinski definition) is 4. The molecule has 3 amide bonds. The molecule has 1 aromatic carbocycles. The first-order valence-electron chi connectivity index (χ1n) is 10.4. The predicted molar refractivity (Wildman–Crippen MR) is 111 cm³/mol. The lowest BCUT2D eigenvalue weighted by atomic mass is 9.97. The molecule has 2 fully saturated rings. The summed E-state index contributed by atoms with van der Waals surface area (Å²) in [6.45, 7) is 4.85. The molecule has 1 N–H and O–H groups in total. The standard InChI is InChI=1S/C22H27N5O3/c1-16-23-6-9-25(16)15-21(29)26-8-5-18(13-26)11-17-3-2-4-19(12-17)22(30)27-10-7-24-20(28)14-27/h2-4,6,9,12,18H,5,7-8,10-11,13-15H2,1H3,(H,24,28). The Morgan fingerprint density at radius 3 is 2.87 bits per heavy atom. The lowest BCUT2D eigenvalue weighted by molar-refractivity contribution is -0.131. The number of piperazine rings is 1. The lowest BCUT2D eigenvalue weighted by Crippen LogP contribution is -2.49. The minimum Gasteiger partial charge on any atom is -0.353 e. The van der Waals surface area contributed by atoms with E-state index in [9.17, 15) is 14.4 Å². The van der Waals surface area contributed by atoms with Gasteiger partial charge in [-0.1, -0.05) is 12.1 Å². The second-order valence-corrected chi connectivity index (χ2v) is 8.08. The van der Waals surface area contributed by atoms with Crippen molar-refractivity contribution in [3.63, 3.8) is 0 Å². The smallest absolute Gasteiger partial charge is 0.254 e. The highest BCUT2D eigenvalue weighted by Gasteiger charge is 2.27. The Morgan fingerprint density at radius 2 is 2.10 bits per heavy atom. The van der Waals surface area contributed by atoms with E-state index in [1.54, 1.807) is 17.2 Å². The Balaban J connectivity index is 1.34. The molecule has 0 radical (unpaired) electrons. The highest BCUT2D eigenvalue weighted by atomic mass is 16.2. The van der Waals surface area contributed by atoms with Crippen molar-refractivity contribution in [2.75, 3.05) is 32.7 Å². The van der Waals surface area contributed by atoms with E-state index < -0.39 is 0 Å². The number of aryl methyl sites for hydroxylation is 1. The molecule has 4 rings (SSSR count). The first-order valence-corrected chi connectivity index (χ1v) is 10.4. The number of imidazole rings is 1. The van der Waals surface area contributed by atoms with Gasteiger partial charge in [-0.2, -0.15) is 0 Å². The first kappa shape index (κ1) is 20.1. The Hall–Kier alpha value is -3.16. The van der Waals surface area contributed by atoms with Crippen LogP contribution in [0.4, 0.5) is 0 Å². The Kier molecular flexibility index (Phi) is 5.83. The fourth-order valence-electron chi connectivity index (χ4n) is 4.20. The van der Waals surface area contributed by atoms with Gasteiger partial charge in [-0.3, -0.25) is 14.4 Å². The number of likely N-dealkylation sites (tertiary alicyclic amines) is 1. The zero-order chi connectivity index (χ0) is 21.1. The highest BCUT2D eigenvalue weighted by Crippen LogP contribution is 2.22. The number of amides is 3. The van der Waals surface area contributed by atoms with Crippen molar-refractivity contribution in [2.24, 2.45) is 5.92 Å². The van der Waals surface area contributed by atoms with Crippen LogP contribution in [0.5, 0.6) is 0 Å². The van der Waals surface area contributed by atoms with E-state index in [4.69, 9.17) is 0 Å². The molecular formula is C22H27N5O3. The molecule has 0 aliphatic carbocycles. The molecule has 2 saturated heterocycles. The van der Waals surface area contributed by atoms with Crippen LogP contribution in [-0.2, 0) is 22.6 Å². The van der Waals surface area contributed by atoms with Crippen LogP contribution >= 0.6 is 0 Å². The van der Waals surface area contributed by atoms with Crippen molar-refractivity contribution in [1.82, 2.24) is 24.7 Å². The van der Waals surface area contributed by atoms with E-state index in [-0.39, 0.29) is 24.3 Å². The lowest BCUT2D eigenvalue weighted by Gasteiger charge is -2.26. The first-order chi connectivity index (χ1) is 14.5. The fourth-order valence-corrected chi connectivity index (χ4v) is 4.20. The quantitative estimate of drug-likeness (QED) is 0.793. The van der Waals surface area contributed by atoms with Crippen molar-refractivity contribution in [3.8, 4) is 0 Å². The molecule has 0 spiro atoms. The third-order valence-electron chi connectivity index (χ3n) is 5.89. The summed E-state index contributed by atoms with van der Waals surface area (Å²) in [5, 5.41) is 2.74. The van der Waals surface area contributed by atoms with E-state index in [1.807, 2.05) is 40.8 Å². The maximum absolute atomic E-state index is 12.7. The Labute approximate surface area is 175 Å². The number of nitrogens with zero attached hydrogens (tertiary/aromatic N) is 4. The molecular weight excluding hydrogens is 382 g/mol. The maximum Gasteiger partial charge on any atom is 0.254 e. The zero-order valence-electron chi connectivity index (χ0n) is 17.2. The summed E-state index contributed by atoms with van der Waals surface area (Å²) in [5.74, 6) is 1.11. The average molecular weight is 409 g/mol. The monoisotopic (exact) mass is 409 g/mol. The van der Waals surface area contributed by atoms with Gasteiger partial charge in [-0.05, 0) is 43.4 Å². The third-order valence-corrected chi connectivity index (χ3v) is 5.89. The number of nitrogens with one attached hydrogen (secondary N) is 1. The molecule has 2 aromatic rings. The summed E-state index contributed by atoms with van der Waals surface area (Å²) in [7, 11) is 0. The van der Waals surface area contributed by atoms with Crippen LogP contribution in [0, 0.1) is 12.8 Å². The van der Waals surface area contributed by atoms with Crippen LogP contribution in [-0.4, -0.2) is 69.8 Å². The number of aromatic nitrogens is 2. The van der Waals surface area contributed by atoms with Crippen LogP contribution in [0.1, 0.15) is 28.2 Å². The van der Waals surface area contributed by atoms with Crippen molar-refractivity contribution in [1.29, 1.82) is 0 Å². The molecule has 8 nitrogen and oxygen atoms in total. The van der Waals surface area contributed by atoms with Crippen LogP contribution in [0.25, 0.3) is 0 Å². The van der Waals surface area contributed by atoms with Crippen LogP contribution in [0.15, 0.2) is 36.7 Å². The number of benzene rings is 1. The maximum atomic E-state index is 12.7. The second kappa shape index (κ2) is 8.69. The fraction of sp³-hybridized carbons (Fsp3) is 0.455. The molecule has 2 aliphatic heterocycles. The third kappa shape index (κ3) is 4.53. The van der Waals surface area contributed by atoms with Crippen molar-refractivity contribution in [3.05, 3.63) is 53.6 Å². The second-order valence-electron chi connectivity index (χ2n) is 8.08. The van der Waals surface area contributed by atoms with Crippen molar-refractivity contribution >= 4 is 17.7 Å². The van der Waals surface area contributed by atoms with Gasteiger partial charge in [-0.15, -0.1) is 0 Å². The molecule has 1 unspecified atom stereocenters. The van der Waals surface area contributed by atoms with Gasteiger partial charge in [0.25, 0.3) is 5.91 Å². The molecule has 0 bridgehead atoms. The van der Waals surface area contributed by atoms with Gasteiger partial charge in [0.2, 0.25) is 11.8 Å². The van der Waals surface area contributed by atoms with Crippen LogP contribution < -0.4 is 5.32 Å². The van der Waals surface area contributed by atoms with Crippen molar-refractivity contribution in [2.45, 2.75) is 26.3 Å². The summed E-state index contributed by atoms with van der Waals surface area (Å²) in [4.78, 5) is 44.6. The van der Waals surface area contributed by atoms with Gasteiger partial charge in [-0.25, -0.2) is 4.98 Å². The number of hydrogen-bond donors (Lipinski definition) is 1. The molecule has 1 atom stereocenters. The van der Waals surface area contributed by atoms with Crippen LogP contribution in [0.3, 0.4) is 0 Å². The topological polar surface area (TPSA) is 87.5 Å². The van der Waals surface area contributed by atoms with E-state index in [1.165, 1.54) is 0 Å². The number of carbonyl (C=O) groups excluding carboxylic acids is 3. The number of carbonyl (C=O) groups is 3. The van der Waals surface area contributed by atoms with E-state index in [2.05, 4.69) is 10.3 Å². The van der Waals surface area contributed by atoms with E-state index in [0.29, 0.717) is 31.1 Å². The molecule has 158 valence electrons. The normalized spacial score (nSPS) is 19.1. The zero-order valence-corrected chi connectivity index (χ0v) is 17.2. The van der Waals surface area contributed by atoms with Gasteiger partial charge >= 0.3 is 0 Å². The Bertz CT molecular complexity index is 954. The van der Waals surface area contributed by atoms with Crippen LogP contribution in [0.2, 0.25) is 0 Å². The van der Waals surface area contributed by atoms with Gasteiger partial charge < -0.3 is 19.7 Å². The SMILES string of the molecule is Cc1nccn1CC(=O)N1CCC(Cc2cccc(C(=O)N3CCNC(=O)C3)c2)C1. The molecule has 8 heteroatoms. The average Bonchev–Trinajstić information content (AvgIpc) is 3.37. The minimum atomic E-state index is -0.118. The summed E-state index contributed by atoms with van der Waals surface area (Å²) in [6, 6.07) is 7.65. The Morgan fingerprint density at radius 1 is 1.23 bits per heavy atom. The van der Waals surface area contributed by atoms with E-state index in [0.717, 1.165) is 37.3 Å². The molecule has 30 heavy (non-hydrogen) atoms. The molecule has 2 aliphatic rings. The van der Waals surface area contributed by atoms with Gasteiger partial charge in [0.15, 0.2) is 0 Å². The molecule has 0 saturated carbocycles. The number of rotatable bonds is 5. The molecule has 1 aromatic heterocycles. The highest BCUT2D eigenvalue weighted by molar-refractivity contribution is 5.97. The predicted octanol–water partition coefficient (Wildman–Crippen LogP) is 0.855. The minimum absolute atomic E-state index is 0.106. The van der Waals surface area contributed by atoms with Crippen molar-refractivity contribution < 1.29 is 14.4 Å².